The molecule has 3 rings (SSSR count). The second-order valence-corrected chi connectivity index (χ2v) is 8.51. The second kappa shape index (κ2) is 6.28. The fourth-order valence-corrected chi connectivity index (χ4v) is 4.44. The van der Waals surface area contributed by atoms with Crippen LogP contribution in [0.1, 0.15) is 18.9 Å². The SMILES string of the molecule is C[C@H]1C[C@H]1C(=O)N1CCN(S(=O)(=O)c2ccc(C(F)(F)F)cc2)CC1. The predicted octanol–water partition coefficient (Wildman–Crippen LogP) is 2.19. The first-order chi connectivity index (χ1) is 11.6. The second-order valence-electron chi connectivity index (χ2n) is 6.57. The van der Waals surface area contributed by atoms with Crippen molar-refractivity contribution in [2.24, 2.45) is 11.8 Å². The molecule has 0 aromatic heterocycles. The van der Waals surface area contributed by atoms with E-state index in [2.05, 4.69) is 0 Å². The van der Waals surface area contributed by atoms with Crippen LogP contribution >= 0.6 is 0 Å². The summed E-state index contributed by atoms with van der Waals surface area (Å²) in [5, 5.41) is 0. The van der Waals surface area contributed by atoms with Gasteiger partial charge in [-0.05, 0) is 36.6 Å². The highest BCUT2D eigenvalue weighted by atomic mass is 32.2. The molecule has 0 spiro atoms. The van der Waals surface area contributed by atoms with E-state index in [4.69, 9.17) is 0 Å². The van der Waals surface area contributed by atoms with E-state index < -0.39 is 21.8 Å². The van der Waals surface area contributed by atoms with Gasteiger partial charge in [0.1, 0.15) is 0 Å². The highest BCUT2D eigenvalue weighted by Gasteiger charge is 2.42. The standard InChI is InChI=1S/C16H19F3N2O3S/c1-11-10-14(11)15(22)20-6-8-21(9-7-20)25(23,24)13-4-2-12(3-5-13)16(17,18)19/h2-5,11,14H,6-10H2,1H3/t11-,14+/m0/s1. The Labute approximate surface area is 144 Å². The Bertz CT molecular complexity index is 754. The van der Waals surface area contributed by atoms with Gasteiger partial charge in [-0.2, -0.15) is 17.5 Å². The summed E-state index contributed by atoms with van der Waals surface area (Å²) in [6.07, 6.45) is -3.63. The van der Waals surface area contributed by atoms with E-state index in [1.54, 1.807) is 4.90 Å². The summed E-state index contributed by atoms with van der Waals surface area (Å²) < 4.78 is 64.1. The van der Waals surface area contributed by atoms with Crippen molar-refractivity contribution < 1.29 is 26.4 Å². The highest BCUT2D eigenvalue weighted by molar-refractivity contribution is 7.89. The number of hydrogen-bond donors (Lipinski definition) is 0. The Morgan fingerprint density at radius 1 is 1.08 bits per heavy atom. The molecular weight excluding hydrogens is 357 g/mol. The molecule has 1 aliphatic heterocycles. The lowest BCUT2D eigenvalue weighted by Gasteiger charge is -2.34. The van der Waals surface area contributed by atoms with Crippen molar-refractivity contribution in [2.45, 2.75) is 24.4 Å². The zero-order chi connectivity index (χ0) is 18.4. The van der Waals surface area contributed by atoms with E-state index in [0.717, 1.165) is 30.7 Å². The Morgan fingerprint density at radius 2 is 1.60 bits per heavy atom. The van der Waals surface area contributed by atoms with Crippen LogP contribution < -0.4 is 0 Å². The molecule has 1 heterocycles. The molecule has 1 amide bonds. The van der Waals surface area contributed by atoms with Crippen molar-refractivity contribution in [1.29, 1.82) is 0 Å². The number of carbonyl (C=O) groups excluding carboxylic acids is 1. The number of rotatable bonds is 3. The van der Waals surface area contributed by atoms with Crippen LogP contribution in [0.25, 0.3) is 0 Å². The maximum Gasteiger partial charge on any atom is 0.416 e. The van der Waals surface area contributed by atoms with Gasteiger partial charge in [-0.25, -0.2) is 8.42 Å². The van der Waals surface area contributed by atoms with Crippen LogP contribution in [0.15, 0.2) is 29.2 Å². The summed E-state index contributed by atoms with van der Waals surface area (Å²) in [5.41, 5.74) is -0.889. The lowest BCUT2D eigenvalue weighted by Crippen LogP contribution is -2.51. The van der Waals surface area contributed by atoms with Gasteiger partial charge in [-0.3, -0.25) is 4.79 Å². The summed E-state index contributed by atoms with van der Waals surface area (Å²) in [6.45, 7) is 2.92. The number of carbonyl (C=O) groups is 1. The van der Waals surface area contributed by atoms with Crippen LogP contribution in [-0.4, -0.2) is 49.7 Å². The van der Waals surface area contributed by atoms with Gasteiger partial charge in [-0.15, -0.1) is 0 Å². The summed E-state index contributed by atoms with van der Waals surface area (Å²) >= 11 is 0. The number of alkyl halides is 3. The third kappa shape index (κ3) is 3.67. The predicted molar refractivity (Wildman–Crippen MR) is 84.1 cm³/mol. The molecule has 2 fully saturated rings. The summed E-state index contributed by atoms with van der Waals surface area (Å²) in [5.74, 6) is 0.513. The van der Waals surface area contributed by atoms with Crippen LogP contribution in [0.4, 0.5) is 13.2 Å². The maximum atomic E-state index is 12.6. The van der Waals surface area contributed by atoms with Crippen molar-refractivity contribution >= 4 is 15.9 Å². The zero-order valence-electron chi connectivity index (χ0n) is 13.7. The average molecular weight is 376 g/mol. The highest BCUT2D eigenvalue weighted by Crippen LogP contribution is 2.39. The molecule has 25 heavy (non-hydrogen) atoms. The van der Waals surface area contributed by atoms with Gasteiger partial charge in [0.05, 0.1) is 10.5 Å². The quantitative estimate of drug-likeness (QED) is 0.813. The Morgan fingerprint density at radius 3 is 2.04 bits per heavy atom. The molecule has 1 aliphatic carbocycles. The lowest BCUT2D eigenvalue weighted by atomic mass is 10.2. The Balaban J connectivity index is 1.66. The number of hydrogen-bond acceptors (Lipinski definition) is 3. The molecule has 5 nitrogen and oxygen atoms in total. The molecule has 2 atom stereocenters. The molecule has 138 valence electrons. The van der Waals surface area contributed by atoms with Crippen LogP contribution in [0, 0.1) is 11.8 Å². The first-order valence-electron chi connectivity index (χ1n) is 8.07. The van der Waals surface area contributed by atoms with Crippen molar-refractivity contribution in [3.63, 3.8) is 0 Å². The first-order valence-corrected chi connectivity index (χ1v) is 9.51. The maximum absolute atomic E-state index is 12.6. The van der Waals surface area contributed by atoms with Gasteiger partial charge in [0, 0.05) is 32.1 Å². The van der Waals surface area contributed by atoms with Gasteiger partial charge in [-0.1, -0.05) is 6.92 Å². The summed E-state index contributed by atoms with van der Waals surface area (Å²) in [4.78, 5) is 13.7. The molecule has 9 heteroatoms. The number of amides is 1. The van der Waals surface area contributed by atoms with Crippen molar-refractivity contribution in [3.05, 3.63) is 29.8 Å². The normalized spacial score (nSPS) is 25.0. The lowest BCUT2D eigenvalue weighted by molar-refractivity contribution is -0.137. The molecule has 0 bridgehead atoms. The number of halogens is 3. The fourth-order valence-electron chi connectivity index (χ4n) is 3.01. The van der Waals surface area contributed by atoms with Gasteiger partial charge < -0.3 is 4.90 Å². The van der Waals surface area contributed by atoms with Crippen LogP contribution in [0.3, 0.4) is 0 Å². The average Bonchev–Trinajstić information content (AvgIpc) is 3.30. The van der Waals surface area contributed by atoms with Crippen molar-refractivity contribution in [3.8, 4) is 0 Å². The smallest absolute Gasteiger partial charge is 0.340 e. The molecular formula is C16H19F3N2O3S. The van der Waals surface area contributed by atoms with E-state index in [-0.39, 0.29) is 29.8 Å². The van der Waals surface area contributed by atoms with Gasteiger partial charge in [0.2, 0.25) is 15.9 Å². The summed E-state index contributed by atoms with van der Waals surface area (Å²) in [6, 6.07) is 3.48. The minimum atomic E-state index is -4.51. The topological polar surface area (TPSA) is 57.7 Å². The molecule has 1 aromatic rings. The van der Waals surface area contributed by atoms with Crippen molar-refractivity contribution in [2.75, 3.05) is 26.2 Å². The summed E-state index contributed by atoms with van der Waals surface area (Å²) in [7, 11) is -3.86. The van der Waals surface area contributed by atoms with Gasteiger partial charge >= 0.3 is 6.18 Å². The van der Waals surface area contributed by atoms with E-state index in [1.165, 1.54) is 4.31 Å². The van der Waals surface area contributed by atoms with Crippen molar-refractivity contribution in [1.82, 2.24) is 9.21 Å². The van der Waals surface area contributed by atoms with Crippen LogP contribution in [-0.2, 0) is 21.0 Å². The zero-order valence-corrected chi connectivity index (χ0v) is 14.5. The minimum absolute atomic E-state index is 0.0538. The number of sulfonamides is 1. The Kier molecular flexibility index (Phi) is 4.57. The molecule has 1 saturated heterocycles. The molecule has 1 aromatic carbocycles. The molecule has 0 unspecified atom stereocenters. The first kappa shape index (κ1) is 18.2. The number of nitrogens with zero attached hydrogens (tertiary/aromatic N) is 2. The molecule has 2 aliphatic rings. The molecule has 0 radical (unpaired) electrons. The van der Waals surface area contributed by atoms with Crippen LogP contribution in [0.5, 0.6) is 0 Å². The number of benzene rings is 1. The largest absolute Gasteiger partial charge is 0.416 e. The van der Waals surface area contributed by atoms with Gasteiger partial charge in [0.15, 0.2) is 0 Å². The van der Waals surface area contributed by atoms with E-state index in [9.17, 15) is 26.4 Å². The minimum Gasteiger partial charge on any atom is -0.340 e. The third-order valence-electron chi connectivity index (χ3n) is 4.80. The third-order valence-corrected chi connectivity index (χ3v) is 6.71. The Hall–Kier alpha value is -1.61. The fraction of sp³-hybridized carbons (Fsp3) is 0.562. The van der Waals surface area contributed by atoms with Crippen LogP contribution in [0.2, 0.25) is 0 Å². The van der Waals surface area contributed by atoms with E-state index in [0.29, 0.717) is 19.0 Å². The molecule has 0 N–H and O–H groups in total. The molecule has 1 saturated carbocycles. The van der Waals surface area contributed by atoms with E-state index in [1.807, 2.05) is 6.92 Å². The van der Waals surface area contributed by atoms with E-state index >= 15 is 0 Å². The monoisotopic (exact) mass is 376 g/mol. The van der Waals surface area contributed by atoms with Gasteiger partial charge in [0.25, 0.3) is 0 Å². The number of piperazine rings is 1.